The predicted octanol–water partition coefficient (Wildman–Crippen LogP) is 2.08. The van der Waals surface area contributed by atoms with Gasteiger partial charge in [-0.1, -0.05) is 23.8 Å². The number of guanidine groups is 1. The maximum Gasteiger partial charge on any atom is 0.194 e. The Bertz CT molecular complexity index is 732. The van der Waals surface area contributed by atoms with Crippen LogP contribution in [-0.2, 0) is 14.6 Å². The van der Waals surface area contributed by atoms with Crippen LogP contribution in [0.4, 0.5) is 0 Å². The number of aryl methyl sites for hydroxylation is 2. The SMILES string of the molecule is CCNC(=NCCCS(C)(=O)=O)N1CCOC(c2ccc(C)cc2C)C1. The van der Waals surface area contributed by atoms with Gasteiger partial charge in [-0.15, -0.1) is 0 Å². The van der Waals surface area contributed by atoms with Crippen molar-refractivity contribution in [3.05, 3.63) is 34.9 Å². The minimum Gasteiger partial charge on any atom is -0.370 e. The van der Waals surface area contributed by atoms with E-state index in [1.807, 2.05) is 6.92 Å². The summed E-state index contributed by atoms with van der Waals surface area (Å²) in [6.07, 6.45) is 1.82. The van der Waals surface area contributed by atoms with E-state index in [1.165, 1.54) is 22.9 Å². The van der Waals surface area contributed by atoms with Crippen molar-refractivity contribution in [2.45, 2.75) is 33.3 Å². The Morgan fingerprint density at radius 3 is 2.81 bits per heavy atom. The summed E-state index contributed by atoms with van der Waals surface area (Å²) < 4.78 is 28.5. The molecule has 1 atom stereocenters. The second-order valence-electron chi connectivity index (χ2n) is 6.88. The second kappa shape index (κ2) is 9.37. The Balaban J connectivity index is 2.06. The topological polar surface area (TPSA) is 71.0 Å². The van der Waals surface area contributed by atoms with Crippen molar-refractivity contribution in [2.24, 2.45) is 4.99 Å². The summed E-state index contributed by atoms with van der Waals surface area (Å²) in [6, 6.07) is 6.45. The van der Waals surface area contributed by atoms with E-state index in [-0.39, 0.29) is 11.9 Å². The highest BCUT2D eigenvalue weighted by molar-refractivity contribution is 7.90. The summed E-state index contributed by atoms with van der Waals surface area (Å²) in [4.78, 5) is 6.82. The van der Waals surface area contributed by atoms with Crippen LogP contribution in [0.15, 0.2) is 23.2 Å². The second-order valence-corrected chi connectivity index (χ2v) is 9.14. The van der Waals surface area contributed by atoms with Crippen molar-refractivity contribution in [1.29, 1.82) is 0 Å². The summed E-state index contributed by atoms with van der Waals surface area (Å²) in [5.41, 5.74) is 3.71. The van der Waals surface area contributed by atoms with Gasteiger partial charge in [0.2, 0.25) is 0 Å². The van der Waals surface area contributed by atoms with Gasteiger partial charge in [-0.05, 0) is 38.3 Å². The van der Waals surface area contributed by atoms with Gasteiger partial charge in [0.1, 0.15) is 15.9 Å². The van der Waals surface area contributed by atoms with E-state index < -0.39 is 9.84 Å². The lowest BCUT2D eigenvalue weighted by molar-refractivity contribution is -0.00833. The molecule has 6 nitrogen and oxygen atoms in total. The van der Waals surface area contributed by atoms with E-state index in [4.69, 9.17) is 4.74 Å². The van der Waals surface area contributed by atoms with Gasteiger partial charge in [0.05, 0.1) is 18.9 Å². The molecule has 0 amide bonds. The molecule has 26 heavy (non-hydrogen) atoms. The Kier molecular flexibility index (Phi) is 7.46. The number of hydrogen-bond donors (Lipinski definition) is 1. The molecule has 1 unspecified atom stereocenters. The summed E-state index contributed by atoms with van der Waals surface area (Å²) in [5.74, 6) is 1.00. The molecule has 0 saturated carbocycles. The minimum atomic E-state index is -2.94. The first-order valence-corrected chi connectivity index (χ1v) is 11.3. The molecule has 1 N–H and O–H groups in total. The fraction of sp³-hybridized carbons (Fsp3) is 0.632. The van der Waals surface area contributed by atoms with E-state index in [2.05, 4.69) is 47.3 Å². The number of nitrogens with zero attached hydrogens (tertiary/aromatic N) is 2. The maximum atomic E-state index is 11.3. The van der Waals surface area contributed by atoms with Crippen LogP contribution in [0, 0.1) is 13.8 Å². The molecule has 1 aromatic rings. The van der Waals surface area contributed by atoms with Gasteiger partial charge in [-0.3, -0.25) is 4.99 Å². The van der Waals surface area contributed by atoms with Gasteiger partial charge >= 0.3 is 0 Å². The van der Waals surface area contributed by atoms with Crippen molar-refractivity contribution in [3.63, 3.8) is 0 Å². The Morgan fingerprint density at radius 2 is 2.15 bits per heavy atom. The van der Waals surface area contributed by atoms with Crippen LogP contribution < -0.4 is 5.32 Å². The largest absolute Gasteiger partial charge is 0.370 e. The zero-order chi connectivity index (χ0) is 19.2. The quantitative estimate of drug-likeness (QED) is 0.464. The first kappa shape index (κ1) is 20.7. The van der Waals surface area contributed by atoms with Crippen molar-refractivity contribution in [3.8, 4) is 0 Å². The molecule has 1 aromatic carbocycles. The van der Waals surface area contributed by atoms with Crippen molar-refractivity contribution >= 4 is 15.8 Å². The number of nitrogens with one attached hydrogen (secondary N) is 1. The zero-order valence-corrected chi connectivity index (χ0v) is 17.1. The van der Waals surface area contributed by atoms with Gasteiger partial charge in [0, 0.05) is 25.9 Å². The number of hydrogen-bond acceptors (Lipinski definition) is 4. The Hall–Kier alpha value is -1.60. The third-order valence-corrected chi connectivity index (χ3v) is 5.44. The zero-order valence-electron chi connectivity index (χ0n) is 16.3. The highest BCUT2D eigenvalue weighted by Crippen LogP contribution is 2.25. The van der Waals surface area contributed by atoms with Crippen LogP contribution in [0.2, 0.25) is 0 Å². The number of ether oxygens (including phenoxy) is 1. The van der Waals surface area contributed by atoms with Crippen molar-refractivity contribution in [2.75, 3.05) is 44.8 Å². The van der Waals surface area contributed by atoms with E-state index in [9.17, 15) is 8.42 Å². The lowest BCUT2D eigenvalue weighted by atomic mass is 10.00. The highest BCUT2D eigenvalue weighted by atomic mass is 32.2. The smallest absolute Gasteiger partial charge is 0.194 e. The average Bonchev–Trinajstić information content (AvgIpc) is 2.57. The minimum absolute atomic E-state index is 0.0178. The molecule has 1 aliphatic rings. The predicted molar refractivity (Wildman–Crippen MR) is 106 cm³/mol. The molecule has 2 rings (SSSR count). The fourth-order valence-corrected chi connectivity index (χ4v) is 3.81. The molecule has 7 heteroatoms. The third kappa shape index (κ3) is 6.29. The van der Waals surface area contributed by atoms with Crippen molar-refractivity contribution in [1.82, 2.24) is 10.2 Å². The lowest BCUT2D eigenvalue weighted by Gasteiger charge is -2.36. The van der Waals surface area contributed by atoms with Crippen LogP contribution in [0.25, 0.3) is 0 Å². The van der Waals surface area contributed by atoms with Crippen LogP contribution >= 0.6 is 0 Å². The molecule has 146 valence electrons. The molecule has 1 fully saturated rings. The fourth-order valence-electron chi connectivity index (χ4n) is 3.15. The number of morpholine rings is 1. The highest BCUT2D eigenvalue weighted by Gasteiger charge is 2.25. The molecule has 0 aromatic heterocycles. The monoisotopic (exact) mass is 381 g/mol. The van der Waals surface area contributed by atoms with Crippen LogP contribution in [0.5, 0.6) is 0 Å². The molecule has 0 aliphatic carbocycles. The van der Waals surface area contributed by atoms with Gasteiger partial charge in [0.15, 0.2) is 5.96 Å². The maximum absolute atomic E-state index is 11.3. The van der Waals surface area contributed by atoms with Crippen molar-refractivity contribution < 1.29 is 13.2 Å². The first-order valence-electron chi connectivity index (χ1n) is 9.20. The number of aliphatic imine (C=N–C) groups is 1. The van der Waals surface area contributed by atoms with Crippen LogP contribution in [0.1, 0.15) is 36.1 Å². The molecule has 0 radical (unpaired) electrons. The van der Waals surface area contributed by atoms with E-state index >= 15 is 0 Å². The van der Waals surface area contributed by atoms with E-state index in [0.29, 0.717) is 19.6 Å². The van der Waals surface area contributed by atoms with Gasteiger partial charge in [0.25, 0.3) is 0 Å². The normalized spacial score (nSPS) is 18.8. The molecule has 0 spiro atoms. The molecule has 1 saturated heterocycles. The third-order valence-electron chi connectivity index (χ3n) is 4.41. The van der Waals surface area contributed by atoms with Crippen LogP contribution in [-0.4, -0.2) is 64.1 Å². The first-order chi connectivity index (χ1) is 12.3. The van der Waals surface area contributed by atoms with Gasteiger partial charge in [-0.25, -0.2) is 8.42 Å². The van der Waals surface area contributed by atoms with Crippen LogP contribution in [0.3, 0.4) is 0 Å². The molecular weight excluding hydrogens is 350 g/mol. The molecule has 1 aliphatic heterocycles. The Morgan fingerprint density at radius 1 is 1.38 bits per heavy atom. The summed E-state index contributed by atoms with van der Waals surface area (Å²) in [6.45, 7) is 9.69. The number of sulfone groups is 1. The molecule has 0 bridgehead atoms. The number of rotatable bonds is 6. The lowest BCUT2D eigenvalue weighted by Crippen LogP contribution is -2.48. The average molecular weight is 382 g/mol. The van der Waals surface area contributed by atoms with Gasteiger partial charge < -0.3 is 15.0 Å². The van der Waals surface area contributed by atoms with E-state index in [0.717, 1.165) is 25.6 Å². The van der Waals surface area contributed by atoms with Gasteiger partial charge in [-0.2, -0.15) is 0 Å². The Labute approximate surface area is 157 Å². The number of benzene rings is 1. The van der Waals surface area contributed by atoms with E-state index in [1.54, 1.807) is 0 Å². The molecular formula is C19H31N3O3S. The standard InChI is InChI=1S/C19H31N3O3S/c1-5-20-19(21-9-6-12-26(4,23)24)22-10-11-25-18(14-22)17-8-7-15(2)13-16(17)3/h7-8,13,18H,5-6,9-12,14H2,1-4H3,(H,20,21). The molecule has 1 heterocycles. The summed E-state index contributed by atoms with van der Waals surface area (Å²) in [7, 11) is -2.94. The summed E-state index contributed by atoms with van der Waals surface area (Å²) in [5, 5.41) is 3.32. The summed E-state index contributed by atoms with van der Waals surface area (Å²) >= 11 is 0.